The molecule has 2 aromatic rings. The number of methoxy groups -OCH3 is 1. The Labute approximate surface area is 107 Å². The molecule has 0 saturated heterocycles. The molecule has 0 radical (unpaired) electrons. The van der Waals surface area contributed by atoms with Crippen LogP contribution in [0.3, 0.4) is 0 Å². The standard InChI is InChI=1S/C16H15NO/c1-12-3-4-15(11-14(12)9-10-17)13-5-7-16(18-2)8-6-13/h3-8,11H,9H2,1-2H3. The fraction of sp³-hybridized carbons (Fsp3) is 0.188. The Morgan fingerprint density at radius 1 is 1.06 bits per heavy atom. The van der Waals surface area contributed by atoms with Crippen LogP contribution in [0.25, 0.3) is 11.1 Å². The Kier molecular flexibility index (Phi) is 3.64. The van der Waals surface area contributed by atoms with Gasteiger partial charge in [-0.15, -0.1) is 0 Å². The van der Waals surface area contributed by atoms with Crippen LogP contribution in [-0.4, -0.2) is 7.11 Å². The summed E-state index contributed by atoms with van der Waals surface area (Å²) in [6.07, 6.45) is 0.454. The minimum Gasteiger partial charge on any atom is -0.497 e. The van der Waals surface area contributed by atoms with Gasteiger partial charge in [0.05, 0.1) is 19.6 Å². The summed E-state index contributed by atoms with van der Waals surface area (Å²) < 4.78 is 5.14. The molecule has 0 N–H and O–H groups in total. The normalized spacial score (nSPS) is 9.83. The lowest BCUT2D eigenvalue weighted by Crippen LogP contribution is -1.89. The highest BCUT2D eigenvalue weighted by atomic mass is 16.5. The molecule has 0 spiro atoms. The van der Waals surface area contributed by atoms with E-state index in [1.165, 1.54) is 0 Å². The Bertz CT molecular complexity index is 579. The van der Waals surface area contributed by atoms with Crippen LogP contribution >= 0.6 is 0 Å². The molecule has 0 amide bonds. The molecule has 2 nitrogen and oxygen atoms in total. The molecule has 0 aliphatic carbocycles. The molecule has 90 valence electrons. The topological polar surface area (TPSA) is 33.0 Å². The second-order valence-corrected chi connectivity index (χ2v) is 4.20. The van der Waals surface area contributed by atoms with Crippen molar-refractivity contribution in [2.75, 3.05) is 7.11 Å². The van der Waals surface area contributed by atoms with Gasteiger partial charge in [-0.2, -0.15) is 5.26 Å². The molecule has 2 heteroatoms. The van der Waals surface area contributed by atoms with Gasteiger partial charge in [0.15, 0.2) is 0 Å². The zero-order valence-corrected chi connectivity index (χ0v) is 10.6. The molecule has 0 fully saturated rings. The van der Waals surface area contributed by atoms with Crippen molar-refractivity contribution < 1.29 is 4.74 Å². The molecule has 0 bridgehead atoms. The van der Waals surface area contributed by atoms with E-state index in [-0.39, 0.29) is 0 Å². The van der Waals surface area contributed by atoms with Crippen LogP contribution < -0.4 is 4.74 Å². The van der Waals surface area contributed by atoms with E-state index in [4.69, 9.17) is 10.00 Å². The van der Waals surface area contributed by atoms with Crippen molar-refractivity contribution >= 4 is 0 Å². The van der Waals surface area contributed by atoms with Crippen molar-refractivity contribution in [3.8, 4) is 22.9 Å². The zero-order chi connectivity index (χ0) is 13.0. The Hall–Kier alpha value is -2.27. The van der Waals surface area contributed by atoms with E-state index in [9.17, 15) is 0 Å². The minimum atomic E-state index is 0.454. The Morgan fingerprint density at radius 3 is 2.33 bits per heavy atom. The van der Waals surface area contributed by atoms with Crippen molar-refractivity contribution in [2.24, 2.45) is 0 Å². The van der Waals surface area contributed by atoms with Gasteiger partial charge in [-0.3, -0.25) is 0 Å². The SMILES string of the molecule is COc1ccc(-c2ccc(C)c(CC#N)c2)cc1. The first kappa shape index (κ1) is 12.2. The maximum absolute atomic E-state index is 8.81. The first-order valence-corrected chi connectivity index (χ1v) is 5.85. The van der Waals surface area contributed by atoms with Gasteiger partial charge in [0.2, 0.25) is 0 Å². The first-order chi connectivity index (χ1) is 8.74. The third-order valence-electron chi connectivity index (χ3n) is 3.04. The molecule has 18 heavy (non-hydrogen) atoms. The molecule has 0 aliphatic heterocycles. The van der Waals surface area contributed by atoms with Gasteiger partial charge < -0.3 is 4.74 Å². The van der Waals surface area contributed by atoms with Crippen LogP contribution in [0.15, 0.2) is 42.5 Å². The third kappa shape index (κ3) is 2.52. The van der Waals surface area contributed by atoms with Gasteiger partial charge in [-0.25, -0.2) is 0 Å². The van der Waals surface area contributed by atoms with Gasteiger partial charge in [0.25, 0.3) is 0 Å². The van der Waals surface area contributed by atoms with Crippen molar-refractivity contribution in [1.29, 1.82) is 5.26 Å². The molecular weight excluding hydrogens is 222 g/mol. The molecule has 0 aliphatic rings. The maximum atomic E-state index is 8.81. The van der Waals surface area contributed by atoms with Gasteiger partial charge in [0, 0.05) is 0 Å². The van der Waals surface area contributed by atoms with Crippen LogP contribution in [0, 0.1) is 18.3 Å². The predicted molar refractivity (Wildman–Crippen MR) is 72.5 cm³/mol. The van der Waals surface area contributed by atoms with E-state index < -0.39 is 0 Å². The highest BCUT2D eigenvalue weighted by Crippen LogP contribution is 2.24. The predicted octanol–water partition coefficient (Wildman–Crippen LogP) is 3.74. The average molecular weight is 237 g/mol. The average Bonchev–Trinajstić information content (AvgIpc) is 2.42. The number of ether oxygens (including phenoxy) is 1. The van der Waals surface area contributed by atoms with Gasteiger partial charge in [0.1, 0.15) is 5.75 Å². The number of hydrogen-bond donors (Lipinski definition) is 0. The molecular formula is C16H15NO. The summed E-state index contributed by atoms with van der Waals surface area (Å²) in [6, 6.07) is 16.4. The third-order valence-corrected chi connectivity index (χ3v) is 3.04. The molecule has 0 unspecified atom stereocenters. The highest BCUT2D eigenvalue weighted by Gasteiger charge is 2.03. The van der Waals surface area contributed by atoms with Crippen LogP contribution in [-0.2, 0) is 6.42 Å². The second-order valence-electron chi connectivity index (χ2n) is 4.20. The van der Waals surface area contributed by atoms with Gasteiger partial charge in [-0.05, 0) is 47.4 Å². The fourth-order valence-electron chi connectivity index (χ4n) is 1.91. The monoisotopic (exact) mass is 237 g/mol. The molecule has 0 atom stereocenters. The van der Waals surface area contributed by atoms with Crippen molar-refractivity contribution in [3.63, 3.8) is 0 Å². The molecule has 0 saturated carbocycles. The number of rotatable bonds is 3. The smallest absolute Gasteiger partial charge is 0.118 e. The summed E-state index contributed by atoms with van der Waals surface area (Å²) in [5.41, 5.74) is 4.52. The number of nitrogens with zero attached hydrogens (tertiary/aromatic N) is 1. The van der Waals surface area contributed by atoms with Crippen LogP contribution in [0.2, 0.25) is 0 Å². The second kappa shape index (κ2) is 5.37. The zero-order valence-electron chi connectivity index (χ0n) is 10.6. The molecule has 2 aromatic carbocycles. The minimum absolute atomic E-state index is 0.454. The Morgan fingerprint density at radius 2 is 1.72 bits per heavy atom. The van der Waals surface area contributed by atoms with Crippen molar-refractivity contribution in [1.82, 2.24) is 0 Å². The number of nitriles is 1. The number of aryl methyl sites for hydroxylation is 1. The molecule has 2 rings (SSSR count). The lowest BCUT2D eigenvalue weighted by Gasteiger charge is -2.07. The van der Waals surface area contributed by atoms with E-state index in [0.717, 1.165) is 28.0 Å². The summed E-state index contributed by atoms with van der Waals surface area (Å²) in [5.74, 6) is 0.850. The van der Waals surface area contributed by atoms with Gasteiger partial charge in [-0.1, -0.05) is 24.3 Å². The van der Waals surface area contributed by atoms with Crippen LogP contribution in [0.5, 0.6) is 5.75 Å². The Balaban J connectivity index is 2.38. The first-order valence-electron chi connectivity index (χ1n) is 5.85. The van der Waals surface area contributed by atoms with E-state index in [0.29, 0.717) is 6.42 Å². The lowest BCUT2D eigenvalue weighted by molar-refractivity contribution is 0.415. The van der Waals surface area contributed by atoms with Gasteiger partial charge >= 0.3 is 0 Å². The summed E-state index contributed by atoms with van der Waals surface area (Å²) in [4.78, 5) is 0. The van der Waals surface area contributed by atoms with E-state index in [1.807, 2.05) is 31.2 Å². The maximum Gasteiger partial charge on any atom is 0.118 e. The summed E-state index contributed by atoms with van der Waals surface area (Å²) in [5, 5.41) is 8.81. The molecule has 0 aromatic heterocycles. The van der Waals surface area contributed by atoms with Crippen LogP contribution in [0.1, 0.15) is 11.1 Å². The largest absolute Gasteiger partial charge is 0.497 e. The number of hydrogen-bond acceptors (Lipinski definition) is 2. The highest BCUT2D eigenvalue weighted by molar-refractivity contribution is 5.65. The lowest BCUT2D eigenvalue weighted by atomic mass is 9.98. The summed E-state index contributed by atoms with van der Waals surface area (Å²) >= 11 is 0. The summed E-state index contributed by atoms with van der Waals surface area (Å²) in [7, 11) is 1.66. The van der Waals surface area contributed by atoms with Crippen molar-refractivity contribution in [3.05, 3.63) is 53.6 Å². The fourth-order valence-corrected chi connectivity index (χ4v) is 1.91. The quantitative estimate of drug-likeness (QED) is 0.814. The van der Waals surface area contributed by atoms with E-state index in [1.54, 1.807) is 7.11 Å². The van der Waals surface area contributed by atoms with Crippen LogP contribution in [0.4, 0.5) is 0 Å². The number of benzene rings is 2. The van der Waals surface area contributed by atoms with Crippen molar-refractivity contribution in [2.45, 2.75) is 13.3 Å². The van der Waals surface area contributed by atoms with E-state index in [2.05, 4.69) is 24.3 Å². The van der Waals surface area contributed by atoms with E-state index >= 15 is 0 Å². The molecule has 0 heterocycles. The summed E-state index contributed by atoms with van der Waals surface area (Å²) in [6.45, 7) is 2.03.